The molecule has 1 aliphatic rings. The third kappa shape index (κ3) is 3.15. The fraction of sp³-hybridized carbons (Fsp3) is 0.500. The predicted molar refractivity (Wildman–Crippen MR) is 70.8 cm³/mol. The van der Waals surface area contributed by atoms with Crippen LogP contribution in [0.25, 0.3) is 0 Å². The molecule has 0 aliphatic carbocycles. The van der Waals surface area contributed by atoms with E-state index < -0.39 is 0 Å². The maximum absolute atomic E-state index is 13.1. The molecule has 1 aromatic carbocycles. The van der Waals surface area contributed by atoms with Crippen LogP contribution < -0.4 is 5.32 Å². The van der Waals surface area contributed by atoms with Crippen LogP contribution in [0.1, 0.15) is 12.0 Å². The monoisotopic (exact) mass is 257 g/mol. The summed E-state index contributed by atoms with van der Waals surface area (Å²) in [5.74, 6) is 2.29. The van der Waals surface area contributed by atoms with Crippen molar-refractivity contribution in [1.29, 1.82) is 0 Å². The number of hydrogen-bond acceptors (Lipinski definition) is 3. The first-order valence-electron chi connectivity index (χ1n) is 5.43. The highest BCUT2D eigenvalue weighted by Gasteiger charge is 2.15. The van der Waals surface area contributed by atoms with E-state index in [4.69, 9.17) is 0 Å². The fourth-order valence-corrected chi connectivity index (χ4v) is 3.62. The van der Waals surface area contributed by atoms with Crippen molar-refractivity contribution in [2.24, 2.45) is 0 Å². The van der Waals surface area contributed by atoms with Crippen LogP contribution in [0.15, 0.2) is 23.1 Å². The van der Waals surface area contributed by atoms with E-state index in [1.54, 1.807) is 17.8 Å². The zero-order valence-electron chi connectivity index (χ0n) is 9.33. The minimum atomic E-state index is -0.143. The fourth-order valence-electron chi connectivity index (χ4n) is 1.84. The van der Waals surface area contributed by atoms with E-state index in [1.807, 2.05) is 24.1 Å². The summed E-state index contributed by atoms with van der Waals surface area (Å²) in [6.45, 7) is 0.777. The van der Waals surface area contributed by atoms with Crippen LogP contribution in [0.2, 0.25) is 0 Å². The van der Waals surface area contributed by atoms with Crippen molar-refractivity contribution < 1.29 is 4.39 Å². The van der Waals surface area contributed by atoms with Gasteiger partial charge in [-0.2, -0.15) is 11.8 Å². The SMILES string of the molecule is CSc1ccc(F)cc1CNC1CCSC1. The summed E-state index contributed by atoms with van der Waals surface area (Å²) in [6.07, 6.45) is 3.26. The molecule has 2 rings (SSSR count). The summed E-state index contributed by atoms with van der Waals surface area (Å²) in [5, 5.41) is 3.50. The predicted octanol–water partition coefficient (Wildman–Crippen LogP) is 3.14. The number of hydrogen-bond donors (Lipinski definition) is 1. The van der Waals surface area contributed by atoms with Crippen molar-refractivity contribution in [2.45, 2.75) is 23.9 Å². The van der Waals surface area contributed by atoms with Gasteiger partial charge in [0.05, 0.1) is 0 Å². The molecule has 1 unspecified atom stereocenters. The van der Waals surface area contributed by atoms with Crippen molar-refractivity contribution in [3.63, 3.8) is 0 Å². The van der Waals surface area contributed by atoms with E-state index in [0.717, 1.165) is 12.1 Å². The number of halogens is 1. The van der Waals surface area contributed by atoms with E-state index in [1.165, 1.54) is 28.9 Å². The van der Waals surface area contributed by atoms with Gasteiger partial charge in [0.25, 0.3) is 0 Å². The Labute approximate surface area is 105 Å². The first-order valence-corrected chi connectivity index (χ1v) is 7.81. The van der Waals surface area contributed by atoms with Crippen molar-refractivity contribution in [3.05, 3.63) is 29.6 Å². The van der Waals surface area contributed by atoms with Crippen molar-refractivity contribution in [3.8, 4) is 0 Å². The van der Waals surface area contributed by atoms with Gasteiger partial charge < -0.3 is 5.32 Å². The number of benzene rings is 1. The van der Waals surface area contributed by atoms with E-state index in [9.17, 15) is 4.39 Å². The van der Waals surface area contributed by atoms with Gasteiger partial charge in [-0.15, -0.1) is 11.8 Å². The van der Waals surface area contributed by atoms with Crippen LogP contribution in [0.4, 0.5) is 4.39 Å². The Morgan fingerprint density at radius 3 is 3.12 bits per heavy atom. The second kappa shape index (κ2) is 5.94. The number of thioether (sulfide) groups is 2. The molecule has 1 atom stereocenters. The molecule has 1 nitrogen and oxygen atoms in total. The standard InChI is InChI=1S/C12H16FNS2/c1-15-12-3-2-10(13)6-9(12)7-14-11-4-5-16-8-11/h2-3,6,11,14H,4-5,7-8H2,1H3. The minimum absolute atomic E-state index is 0.143. The lowest BCUT2D eigenvalue weighted by Crippen LogP contribution is -2.28. The number of nitrogens with one attached hydrogen (secondary N) is 1. The third-order valence-corrected chi connectivity index (χ3v) is 4.75. The molecule has 1 aliphatic heterocycles. The van der Waals surface area contributed by atoms with E-state index >= 15 is 0 Å². The zero-order valence-corrected chi connectivity index (χ0v) is 11.0. The molecule has 0 aromatic heterocycles. The maximum Gasteiger partial charge on any atom is 0.123 e. The highest BCUT2D eigenvalue weighted by Crippen LogP contribution is 2.22. The highest BCUT2D eigenvalue weighted by atomic mass is 32.2. The van der Waals surface area contributed by atoms with Crippen LogP contribution in [0.5, 0.6) is 0 Å². The molecule has 1 saturated heterocycles. The van der Waals surface area contributed by atoms with Gasteiger partial charge in [-0.1, -0.05) is 0 Å². The van der Waals surface area contributed by atoms with Crippen LogP contribution in [0.3, 0.4) is 0 Å². The molecule has 1 N–H and O–H groups in total. The van der Waals surface area contributed by atoms with Crippen molar-refractivity contribution >= 4 is 23.5 Å². The Balaban J connectivity index is 1.98. The Morgan fingerprint density at radius 2 is 2.44 bits per heavy atom. The Morgan fingerprint density at radius 1 is 1.56 bits per heavy atom. The molecule has 0 amide bonds. The average molecular weight is 257 g/mol. The molecule has 1 heterocycles. The Kier molecular flexibility index (Phi) is 4.55. The van der Waals surface area contributed by atoms with Crippen LogP contribution in [-0.2, 0) is 6.54 Å². The Bertz CT molecular complexity index is 351. The lowest BCUT2D eigenvalue weighted by atomic mass is 10.2. The lowest BCUT2D eigenvalue weighted by Gasteiger charge is -2.13. The molecule has 88 valence electrons. The zero-order chi connectivity index (χ0) is 11.4. The molecule has 1 aromatic rings. The normalized spacial score (nSPS) is 20.2. The average Bonchev–Trinajstić information content (AvgIpc) is 2.79. The van der Waals surface area contributed by atoms with Gasteiger partial charge in [0.15, 0.2) is 0 Å². The topological polar surface area (TPSA) is 12.0 Å². The molecule has 0 saturated carbocycles. The van der Waals surface area contributed by atoms with Gasteiger partial charge in [0.1, 0.15) is 5.82 Å². The summed E-state index contributed by atoms with van der Waals surface area (Å²) in [6, 6.07) is 5.63. The van der Waals surface area contributed by atoms with Gasteiger partial charge >= 0.3 is 0 Å². The van der Waals surface area contributed by atoms with E-state index in [2.05, 4.69) is 5.32 Å². The van der Waals surface area contributed by atoms with Gasteiger partial charge in [0.2, 0.25) is 0 Å². The molecule has 0 spiro atoms. The maximum atomic E-state index is 13.1. The van der Waals surface area contributed by atoms with Crippen molar-refractivity contribution in [1.82, 2.24) is 5.32 Å². The van der Waals surface area contributed by atoms with Crippen molar-refractivity contribution in [2.75, 3.05) is 17.8 Å². The molecule has 1 fully saturated rings. The molecule has 0 bridgehead atoms. The molecular formula is C12H16FNS2. The molecule has 16 heavy (non-hydrogen) atoms. The Hall–Kier alpha value is -0.190. The molecular weight excluding hydrogens is 241 g/mol. The lowest BCUT2D eigenvalue weighted by molar-refractivity contribution is 0.550. The van der Waals surface area contributed by atoms with Crippen LogP contribution in [-0.4, -0.2) is 23.8 Å². The quantitative estimate of drug-likeness (QED) is 0.832. The highest BCUT2D eigenvalue weighted by molar-refractivity contribution is 7.99. The largest absolute Gasteiger partial charge is 0.309 e. The van der Waals surface area contributed by atoms with Crippen LogP contribution in [0, 0.1) is 5.82 Å². The van der Waals surface area contributed by atoms with Gasteiger partial charge in [-0.05, 0) is 42.2 Å². The summed E-state index contributed by atoms with van der Waals surface area (Å²) >= 11 is 3.66. The second-order valence-electron chi connectivity index (χ2n) is 3.90. The third-order valence-electron chi connectivity index (χ3n) is 2.75. The summed E-state index contributed by atoms with van der Waals surface area (Å²) in [7, 11) is 0. The summed E-state index contributed by atoms with van der Waals surface area (Å²) in [5.41, 5.74) is 1.07. The molecule has 4 heteroatoms. The van der Waals surface area contributed by atoms with E-state index in [0.29, 0.717) is 6.04 Å². The molecule has 0 radical (unpaired) electrons. The minimum Gasteiger partial charge on any atom is -0.309 e. The summed E-state index contributed by atoms with van der Waals surface area (Å²) in [4.78, 5) is 1.17. The first kappa shape index (κ1) is 12.3. The number of rotatable bonds is 4. The van der Waals surface area contributed by atoms with E-state index in [-0.39, 0.29) is 5.82 Å². The van der Waals surface area contributed by atoms with Gasteiger partial charge in [0, 0.05) is 23.2 Å². The first-order chi connectivity index (χ1) is 7.79. The van der Waals surface area contributed by atoms with Gasteiger partial charge in [-0.3, -0.25) is 0 Å². The van der Waals surface area contributed by atoms with Gasteiger partial charge in [-0.25, -0.2) is 4.39 Å². The summed E-state index contributed by atoms with van der Waals surface area (Å²) < 4.78 is 13.1. The second-order valence-corrected chi connectivity index (χ2v) is 5.90. The smallest absolute Gasteiger partial charge is 0.123 e. The van der Waals surface area contributed by atoms with Crippen LogP contribution >= 0.6 is 23.5 Å².